The van der Waals surface area contributed by atoms with Gasteiger partial charge in [-0.25, -0.2) is 5.43 Å². The van der Waals surface area contributed by atoms with Gasteiger partial charge in [0.05, 0.1) is 22.6 Å². The van der Waals surface area contributed by atoms with E-state index in [0.717, 1.165) is 22.8 Å². The minimum absolute atomic E-state index is 0.0262. The Labute approximate surface area is 148 Å². The number of nitrogens with one attached hydrogen (secondary N) is 2. The number of rotatable bonds is 8. The molecule has 8 nitrogen and oxygen atoms in total. The number of nitro groups is 1. The number of ether oxygens (including phenoxy) is 1. The minimum Gasteiger partial charge on any atom is -0.494 e. The molecule has 0 aliphatic heterocycles. The number of carbonyl (C=O) groups is 1. The van der Waals surface area contributed by atoms with Crippen molar-refractivity contribution in [2.24, 2.45) is 5.10 Å². The van der Waals surface area contributed by atoms with Gasteiger partial charge in [-0.2, -0.15) is 5.10 Å². The normalized spacial score (nSPS) is 11.9. The molecule has 1 amide bonds. The van der Waals surface area contributed by atoms with Crippen molar-refractivity contribution in [1.82, 2.24) is 5.43 Å². The van der Waals surface area contributed by atoms with Crippen molar-refractivity contribution >= 4 is 34.1 Å². The van der Waals surface area contributed by atoms with Crippen molar-refractivity contribution in [2.75, 3.05) is 11.9 Å². The van der Waals surface area contributed by atoms with Crippen LogP contribution in [0.2, 0.25) is 0 Å². The van der Waals surface area contributed by atoms with Gasteiger partial charge in [0.15, 0.2) is 0 Å². The maximum atomic E-state index is 12.0. The highest BCUT2D eigenvalue weighted by atomic mass is 32.1. The van der Waals surface area contributed by atoms with Crippen LogP contribution in [0.3, 0.4) is 0 Å². The summed E-state index contributed by atoms with van der Waals surface area (Å²) in [5, 5.41) is 17.5. The Bertz CT molecular complexity index is 758. The fourth-order valence-electron chi connectivity index (χ4n) is 1.90. The summed E-state index contributed by atoms with van der Waals surface area (Å²) in [7, 11) is 0. The molecule has 132 valence electrons. The molecule has 0 radical (unpaired) electrons. The summed E-state index contributed by atoms with van der Waals surface area (Å²) in [4.78, 5) is 22.7. The van der Waals surface area contributed by atoms with Gasteiger partial charge >= 0.3 is 5.00 Å². The van der Waals surface area contributed by atoms with Gasteiger partial charge in [0, 0.05) is 11.8 Å². The molecule has 1 atom stereocenters. The topological polar surface area (TPSA) is 106 Å². The van der Waals surface area contributed by atoms with E-state index >= 15 is 0 Å². The van der Waals surface area contributed by atoms with Crippen molar-refractivity contribution in [1.29, 1.82) is 0 Å². The highest BCUT2D eigenvalue weighted by molar-refractivity contribution is 7.16. The summed E-state index contributed by atoms with van der Waals surface area (Å²) in [6.45, 7) is 4.21. The van der Waals surface area contributed by atoms with Crippen molar-refractivity contribution < 1.29 is 14.5 Å². The number of anilines is 1. The number of hydrogen-bond donors (Lipinski definition) is 2. The smallest absolute Gasteiger partial charge is 0.324 e. The first kappa shape index (κ1) is 18.4. The van der Waals surface area contributed by atoms with Crippen LogP contribution in [0.4, 0.5) is 10.7 Å². The van der Waals surface area contributed by atoms with Crippen LogP contribution in [0.15, 0.2) is 41.5 Å². The minimum atomic E-state index is -0.507. The first-order valence-electron chi connectivity index (χ1n) is 7.56. The first-order valence-corrected chi connectivity index (χ1v) is 8.37. The third-order valence-electron chi connectivity index (χ3n) is 3.10. The van der Waals surface area contributed by atoms with E-state index < -0.39 is 11.0 Å². The van der Waals surface area contributed by atoms with Crippen molar-refractivity contribution in [3.05, 3.63) is 51.4 Å². The Morgan fingerprint density at radius 2 is 2.08 bits per heavy atom. The zero-order valence-corrected chi connectivity index (χ0v) is 14.6. The lowest BCUT2D eigenvalue weighted by atomic mass is 10.2. The number of hydrogen-bond acceptors (Lipinski definition) is 7. The van der Waals surface area contributed by atoms with Gasteiger partial charge in [-0.1, -0.05) is 11.3 Å². The molecule has 0 bridgehead atoms. The summed E-state index contributed by atoms with van der Waals surface area (Å²) >= 11 is 0.982. The zero-order chi connectivity index (χ0) is 18.2. The lowest BCUT2D eigenvalue weighted by molar-refractivity contribution is -0.380. The highest BCUT2D eigenvalue weighted by Gasteiger charge is 2.12. The predicted octanol–water partition coefficient (Wildman–Crippen LogP) is 3.01. The molecular weight excluding hydrogens is 344 g/mol. The Hall–Kier alpha value is -2.94. The van der Waals surface area contributed by atoms with Gasteiger partial charge in [0.25, 0.3) is 5.91 Å². The van der Waals surface area contributed by atoms with Crippen LogP contribution < -0.4 is 15.5 Å². The first-order chi connectivity index (χ1) is 12.0. The summed E-state index contributed by atoms with van der Waals surface area (Å²) in [6, 6.07) is 9.74. The molecule has 1 aromatic heterocycles. The van der Waals surface area contributed by atoms with E-state index in [1.807, 2.05) is 31.2 Å². The average Bonchev–Trinajstić information content (AvgIpc) is 3.06. The van der Waals surface area contributed by atoms with Crippen LogP contribution in [0.5, 0.6) is 5.75 Å². The molecule has 2 aromatic rings. The number of amides is 1. The molecule has 1 heterocycles. The molecule has 0 spiro atoms. The third kappa shape index (κ3) is 5.57. The zero-order valence-electron chi connectivity index (χ0n) is 13.8. The summed E-state index contributed by atoms with van der Waals surface area (Å²) in [5.74, 6) is 0.441. The number of benzene rings is 1. The van der Waals surface area contributed by atoms with Gasteiger partial charge in [0.1, 0.15) is 11.8 Å². The Kier molecular flexibility index (Phi) is 6.47. The Morgan fingerprint density at radius 1 is 1.36 bits per heavy atom. The van der Waals surface area contributed by atoms with Gasteiger partial charge in [-0.15, -0.1) is 0 Å². The second-order valence-corrected chi connectivity index (χ2v) is 6.08. The van der Waals surface area contributed by atoms with E-state index in [2.05, 4.69) is 15.8 Å². The average molecular weight is 362 g/mol. The maximum absolute atomic E-state index is 12.0. The maximum Gasteiger partial charge on any atom is 0.324 e. The van der Waals surface area contributed by atoms with E-state index in [4.69, 9.17) is 4.74 Å². The second kappa shape index (κ2) is 8.78. The molecule has 0 saturated carbocycles. The third-order valence-corrected chi connectivity index (χ3v) is 4.07. The SMILES string of the molecule is CCOc1ccc(N[C@H](C)C(=O)N/N=C\c2ccc([N+](=O)[O-])s2)cc1. The molecule has 0 saturated heterocycles. The van der Waals surface area contributed by atoms with E-state index in [-0.39, 0.29) is 10.9 Å². The standard InChI is InChI=1S/C16H18N4O4S/c1-3-24-13-6-4-12(5-7-13)18-11(2)16(21)19-17-10-14-8-9-15(25-14)20(22)23/h4-11,18H,3H2,1-2H3,(H,19,21)/b17-10-/t11-/m1/s1. The number of carbonyl (C=O) groups excluding carboxylic acids is 1. The van der Waals surface area contributed by atoms with Crippen LogP contribution >= 0.6 is 11.3 Å². The van der Waals surface area contributed by atoms with Gasteiger partial charge in [-0.3, -0.25) is 14.9 Å². The quantitative estimate of drug-likeness (QED) is 0.426. The largest absolute Gasteiger partial charge is 0.494 e. The molecule has 0 aliphatic rings. The fourth-order valence-corrected chi connectivity index (χ4v) is 2.59. The summed E-state index contributed by atoms with van der Waals surface area (Å²) < 4.78 is 5.36. The Balaban J connectivity index is 1.84. The van der Waals surface area contributed by atoms with Crippen LogP contribution in [0, 0.1) is 10.1 Å². The van der Waals surface area contributed by atoms with Gasteiger partial charge < -0.3 is 10.1 Å². The number of hydrazone groups is 1. The fraction of sp³-hybridized carbons (Fsp3) is 0.250. The monoisotopic (exact) mass is 362 g/mol. The molecule has 25 heavy (non-hydrogen) atoms. The predicted molar refractivity (Wildman–Crippen MR) is 97.4 cm³/mol. The molecule has 2 rings (SSSR count). The molecule has 0 unspecified atom stereocenters. The molecular formula is C16H18N4O4S. The van der Waals surface area contributed by atoms with Crippen molar-refractivity contribution in [3.8, 4) is 5.75 Å². The molecule has 0 fully saturated rings. The van der Waals surface area contributed by atoms with Crippen LogP contribution in [0.1, 0.15) is 18.7 Å². The van der Waals surface area contributed by atoms with E-state index in [1.54, 1.807) is 13.0 Å². The molecule has 1 aromatic carbocycles. The van der Waals surface area contributed by atoms with Crippen molar-refractivity contribution in [3.63, 3.8) is 0 Å². The molecule has 9 heteroatoms. The lowest BCUT2D eigenvalue weighted by Crippen LogP contribution is -2.34. The van der Waals surface area contributed by atoms with Gasteiger partial charge in [0.2, 0.25) is 0 Å². The Morgan fingerprint density at radius 3 is 2.68 bits per heavy atom. The van der Waals surface area contributed by atoms with Crippen molar-refractivity contribution in [2.45, 2.75) is 19.9 Å². The van der Waals surface area contributed by atoms with Crippen LogP contribution in [-0.4, -0.2) is 29.7 Å². The summed E-state index contributed by atoms with van der Waals surface area (Å²) in [5.41, 5.74) is 3.18. The van der Waals surface area contributed by atoms with Gasteiger partial charge in [-0.05, 0) is 44.2 Å². The number of nitrogens with zero attached hydrogens (tertiary/aromatic N) is 2. The number of thiophene rings is 1. The lowest BCUT2D eigenvalue weighted by Gasteiger charge is -2.13. The second-order valence-electron chi connectivity index (χ2n) is 4.99. The van der Waals surface area contributed by atoms with E-state index in [0.29, 0.717) is 11.5 Å². The molecule has 2 N–H and O–H groups in total. The van der Waals surface area contributed by atoms with Crippen LogP contribution in [0.25, 0.3) is 0 Å². The highest BCUT2D eigenvalue weighted by Crippen LogP contribution is 2.22. The van der Waals surface area contributed by atoms with Crippen LogP contribution in [-0.2, 0) is 4.79 Å². The van der Waals surface area contributed by atoms with E-state index in [9.17, 15) is 14.9 Å². The van der Waals surface area contributed by atoms with E-state index in [1.165, 1.54) is 12.3 Å². The summed E-state index contributed by atoms with van der Waals surface area (Å²) in [6.07, 6.45) is 1.37. The molecule has 0 aliphatic carbocycles.